The van der Waals surface area contributed by atoms with Crippen molar-refractivity contribution in [2.45, 2.75) is 44.2 Å². The van der Waals surface area contributed by atoms with Gasteiger partial charge in [0.15, 0.2) is 5.13 Å². The van der Waals surface area contributed by atoms with Gasteiger partial charge in [0.1, 0.15) is 17.3 Å². The van der Waals surface area contributed by atoms with Crippen molar-refractivity contribution in [1.29, 1.82) is 0 Å². The lowest BCUT2D eigenvalue weighted by molar-refractivity contribution is -0.123. The van der Waals surface area contributed by atoms with Gasteiger partial charge in [-0.1, -0.05) is 23.8 Å². The van der Waals surface area contributed by atoms with Crippen molar-refractivity contribution in [2.75, 3.05) is 38.0 Å². The smallest absolute Gasteiger partial charge is 0.247 e. The van der Waals surface area contributed by atoms with Crippen molar-refractivity contribution in [3.8, 4) is 5.75 Å². The molecule has 0 bridgehead atoms. The lowest BCUT2D eigenvalue weighted by Crippen LogP contribution is -2.54. The van der Waals surface area contributed by atoms with Crippen molar-refractivity contribution >= 4 is 42.6 Å². The van der Waals surface area contributed by atoms with Gasteiger partial charge in [-0.15, -0.1) is 0 Å². The number of carbonyl (C=O) groups is 1. The van der Waals surface area contributed by atoms with E-state index in [1.807, 2.05) is 18.2 Å². The number of sulfonamides is 1. The third-order valence-electron chi connectivity index (χ3n) is 5.66. The third kappa shape index (κ3) is 4.32. The van der Waals surface area contributed by atoms with Gasteiger partial charge >= 0.3 is 0 Å². The molecule has 2 saturated heterocycles. The molecule has 10 heteroatoms. The molecular formula is C20H27N3O5S2. The van der Waals surface area contributed by atoms with E-state index in [0.717, 1.165) is 30.4 Å². The van der Waals surface area contributed by atoms with Crippen LogP contribution in [0.3, 0.4) is 0 Å². The number of piperidine rings is 1. The Morgan fingerprint density at radius 1 is 1.33 bits per heavy atom. The van der Waals surface area contributed by atoms with Gasteiger partial charge < -0.3 is 9.47 Å². The zero-order valence-electron chi connectivity index (χ0n) is 17.2. The summed E-state index contributed by atoms with van der Waals surface area (Å²) in [6.45, 7) is 1.42. The zero-order chi connectivity index (χ0) is 21.3. The van der Waals surface area contributed by atoms with E-state index in [2.05, 4.69) is 0 Å². The van der Waals surface area contributed by atoms with Gasteiger partial charge in [-0.3, -0.25) is 9.69 Å². The maximum Gasteiger partial charge on any atom is 0.247 e. The fourth-order valence-corrected chi connectivity index (χ4v) is 6.29. The van der Waals surface area contributed by atoms with Gasteiger partial charge in [-0.05, 0) is 37.8 Å². The monoisotopic (exact) mass is 453 g/mol. The van der Waals surface area contributed by atoms with Crippen LogP contribution in [0, 0.1) is 0 Å². The molecular weight excluding hydrogens is 426 g/mol. The van der Waals surface area contributed by atoms with Gasteiger partial charge in [0, 0.05) is 13.2 Å². The van der Waals surface area contributed by atoms with Gasteiger partial charge in [0.25, 0.3) is 0 Å². The number of carbonyl (C=O) groups excluding carboxylic acids is 1. The molecule has 0 saturated carbocycles. The highest BCUT2D eigenvalue weighted by Crippen LogP contribution is 2.35. The minimum atomic E-state index is -3.48. The van der Waals surface area contributed by atoms with Crippen LogP contribution in [0.2, 0.25) is 0 Å². The van der Waals surface area contributed by atoms with Crippen LogP contribution in [0.5, 0.6) is 5.75 Å². The summed E-state index contributed by atoms with van der Waals surface area (Å²) in [6.07, 6.45) is 5.04. The zero-order valence-corrected chi connectivity index (χ0v) is 18.9. The number of nitrogens with zero attached hydrogens (tertiary/aromatic N) is 3. The molecule has 1 aromatic heterocycles. The van der Waals surface area contributed by atoms with Crippen LogP contribution in [-0.4, -0.2) is 68.8 Å². The predicted octanol–water partition coefficient (Wildman–Crippen LogP) is 2.63. The Morgan fingerprint density at radius 3 is 2.87 bits per heavy atom. The summed E-state index contributed by atoms with van der Waals surface area (Å²) >= 11 is 1.41. The molecule has 2 atom stereocenters. The first-order chi connectivity index (χ1) is 14.4. The molecule has 4 rings (SSSR count). The minimum Gasteiger partial charge on any atom is -0.494 e. The van der Waals surface area contributed by atoms with E-state index in [9.17, 15) is 13.2 Å². The number of anilines is 1. The molecule has 2 aromatic rings. The second-order valence-corrected chi connectivity index (χ2v) is 10.7. The largest absolute Gasteiger partial charge is 0.494 e. The van der Waals surface area contributed by atoms with E-state index < -0.39 is 16.1 Å². The molecule has 3 heterocycles. The molecule has 2 unspecified atom stereocenters. The molecule has 2 aliphatic rings. The molecule has 2 fully saturated rings. The summed E-state index contributed by atoms with van der Waals surface area (Å²) in [5.41, 5.74) is 0.703. The number of hydrogen-bond acceptors (Lipinski definition) is 7. The van der Waals surface area contributed by atoms with E-state index in [4.69, 9.17) is 14.5 Å². The van der Waals surface area contributed by atoms with Crippen molar-refractivity contribution in [1.82, 2.24) is 9.29 Å². The molecule has 164 valence electrons. The first kappa shape index (κ1) is 21.5. The summed E-state index contributed by atoms with van der Waals surface area (Å²) in [6, 6.07) is 4.97. The average molecular weight is 454 g/mol. The Balaban J connectivity index is 1.71. The molecule has 2 aliphatic heterocycles. The lowest BCUT2D eigenvalue weighted by atomic mass is 10.0. The molecule has 1 amide bonds. The van der Waals surface area contributed by atoms with E-state index in [1.165, 1.54) is 21.9 Å². The Labute approximate surface area is 180 Å². The van der Waals surface area contributed by atoms with Crippen LogP contribution >= 0.6 is 11.3 Å². The maximum atomic E-state index is 13.7. The topological polar surface area (TPSA) is 89.0 Å². The van der Waals surface area contributed by atoms with Gasteiger partial charge in [-0.25, -0.2) is 13.4 Å². The standard InChI is InChI=1S/C20H27N3O5S2/c1-27-16-9-5-10-17-18(16)21-20(29-17)22(13-14-7-6-12-28-14)19(24)15-8-3-4-11-23(15)30(2,25)26/h5,9-10,14-15H,3-4,6-8,11-13H2,1-2H3. The number of hydrogen-bond donors (Lipinski definition) is 0. The van der Waals surface area contributed by atoms with Gasteiger partial charge in [0.05, 0.1) is 30.7 Å². The van der Waals surface area contributed by atoms with E-state index >= 15 is 0 Å². The number of methoxy groups -OCH3 is 1. The van der Waals surface area contributed by atoms with Crippen LogP contribution in [0.15, 0.2) is 18.2 Å². The van der Waals surface area contributed by atoms with Gasteiger partial charge in [-0.2, -0.15) is 4.31 Å². The molecule has 0 N–H and O–H groups in total. The SMILES string of the molecule is COc1cccc2sc(N(CC3CCCO3)C(=O)C3CCCCN3S(C)(=O)=O)nc12. The number of benzene rings is 1. The van der Waals surface area contributed by atoms with Crippen LogP contribution in [0.1, 0.15) is 32.1 Å². The van der Waals surface area contributed by atoms with Gasteiger partial charge in [0.2, 0.25) is 15.9 Å². The van der Waals surface area contributed by atoms with Crippen LogP contribution in [0.4, 0.5) is 5.13 Å². The Hall–Kier alpha value is -1.75. The molecule has 0 aliphatic carbocycles. The molecule has 8 nitrogen and oxygen atoms in total. The van der Waals surface area contributed by atoms with Crippen LogP contribution in [0.25, 0.3) is 10.2 Å². The number of aromatic nitrogens is 1. The predicted molar refractivity (Wildman–Crippen MR) is 117 cm³/mol. The fraction of sp³-hybridized carbons (Fsp3) is 0.600. The molecule has 0 radical (unpaired) electrons. The van der Waals surface area contributed by atoms with E-state index in [1.54, 1.807) is 12.0 Å². The fourth-order valence-electron chi connectivity index (χ4n) is 4.17. The highest BCUT2D eigenvalue weighted by molar-refractivity contribution is 7.88. The average Bonchev–Trinajstić information content (AvgIpc) is 3.40. The van der Waals surface area contributed by atoms with Crippen molar-refractivity contribution in [3.63, 3.8) is 0 Å². The molecule has 30 heavy (non-hydrogen) atoms. The highest BCUT2D eigenvalue weighted by atomic mass is 32.2. The quantitative estimate of drug-likeness (QED) is 0.668. The Bertz CT molecular complexity index is 1020. The number of fused-ring (bicyclic) bond motifs is 1. The van der Waals surface area contributed by atoms with E-state index in [0.29, 0.717) is 42.5 Å². The number of thiazole rings is 1. The normalized spacial score (nSPS) is 23.0. The lowest BCUT2D eigenvalue weighted by Gasteiger charge is -2.35. The second kappa shape index (κ2) is 8.78. The summed E-state index contributed by atoms with van der Waals surface area (Å²) in [5.74, 6) is 0.420. The highest BCUT2D eigenvalue weighted by Gasteiger charge is 2.39. The maximum absolute atomic E-state index is 13.7. The third-order valence-corrected chi connectivity index (χ3v) is 8.00. The first-order valence-corrected chi connectivity index (χ1v) is 12.9. The summed E-state index contributed by atoms with van der Waals surface area (Å²) in [7, 11) is -1.89. The van der Waals surface area contributed by atoms with Crippen LogP contribution in [-0.2, 0) is 19.6 Å². The minimum absolute atomic E-state index is 0.0712. The summed E-state index contributed by atoms with van der Waals surface area (Å²) in [5, 5.41) is 0.550. The van der Waals surface area contributed by atoms with Crippen LogP contribution < -0.4 is 9.64 Å². The number of amides is 1. The summed E-state index contributed by atoms with van der Waals surface area (Å²) < 4.78 is 38.1. The number of para-hydroxylation sites is 1. The van der Waals surface area contributed by atoms with E-state index in [-0.39, 0.29) is 12.0 Å². The Kier molecular flexibility index (Phi) is 6.29. The molecule has 0 spiro atoms. The second-order valence-electron chi connectivity index (χ2n) is 7.77. The first-order valence-electron chi connectivity index (χ1n) is 10.2. The van der Waals surface area contributed by atoms with Crippen molar-refractivity contribution < 1.29 is 22.7 Å². The number of ether oxygens (including phenoxy) is 2. The van der Waals surface area contributed by atoms with Crippen molar-refractivity contribution in [2.24, 2.45) is 0 Å². The summed E-state index contributed by atoms with van der Waals surface area (Å²) in [4.78, 5) is 20.0. The Morgan fingerprint density at radius 2 is 2.17 bits per heavy atom. The number of rotatable bonds is 6. The van der Waals surface area contributed by atoms with Crippen molar-refractivity contribution in [3.05, 3.63) is 18.2 Å². The molecule has 1 aromatic carbocycles.